The quantitative estimate of drug-likeness (QED) is 0.374. The first-order chi connectivity index (χ1) is 16.7. The minimum absolute atomic E-state index is 0.136. The molecule has 0 aromatic heterocycles. The van der Waals surface area contributed by atoms with Gasteiger partial charge in [-0.25, -0.2) is 4.99 Å². The molecule has 166 valence electrons. The van der Waals surface area contributed by atoms with E-state index in [1.165, 1.54) is 0 Å². The summed E-state index contributed by atoms with van der Waals surface area (Å²) in [5.74, 6) is 0.349. The second-order valence-electron chi connectivity index (χ2n) is 7.93. The normalized spacial score (nSPS) is 16.0. The maximum atomic E-state index is 14.1. The summed E-state index contributed by atoms with van der Waals surface area (Å²) in [5, 5.41) is 4.24. The minimum Gasteiger partial charge on any atom is -0.267 e. The van der Waals surface area contributed by atoms with Crippen molar-refractivity contribution < 1.29 is 4.79 Å². The number of carbonyl (C=O) groups is 1. The fraction of sp³-hybridized carbons (Fsp3) is 0.0690. The zero-order valence-corrected chi connectivity index (χ0v) is 20.5. The summed E-state index contributed by atoms with van der Waals surface area (Å²) in [5.41, 5.74) is 0.367. The van der Waals surface area contributed by atoms with E-state index >= 15 is 0 Å². The first kappa shape index (κ1) is 22.5. The van der Waals surface area contributed by atoms with Crippen molar-refractivity contribution in [1.82, 2.24) is 0 Å². The van der Waals surface area contributed by atoms with Crippen molar-refractivity contribution >= 4 is 51.7 Å². The van der Waals surface area contributed by atoms with Gasteiger partial charge in [0.05, 0.1) is 0 Å². The summed E-state index contributed by atoms with van der Waals surface area (Å²) in [6.07, 6.45) is 2.00. The Bertz CT molecular complexity index is 1240. The third kappa shape index (κ3) is 3.94. The number of amides is 1. The molecule has 0 saturated heterocycles. The molecule has 3 nitrogen and oxygen atoms in total. The van der Waals surface area contributed by atoms with E-state index in [9.17, 15) is 4.79 Å². The molecule has 0 saturated carbocycles. The topological polar surface area (TPSA) is 41.8 Å². The zero-order valence-electron chi connectivity index (χ0n) is 18.8. The Morgan fingerprint density at radius 2 is 1.03 bits per heavy atom. The Morgan fingerprint density at radius 1 is 0.618 bits per heavy atom. The Balaban J connectivity index is 1.81. The van der Waals surface area contributed by atoms with Gasteiger partial charge in [-0.15, -0.1) is 11.8 Å². The van der Waals surface area contributed by atoms with Crippen LogP contribution >= 0.6 is 19.0 Å². The molecular formula is C29H24N2OPS+. The van der Waals surface area contributed by atoms with Crippen molar-refractivity contribution in [3.63, 3.8) is 0 Å². The molecular weight excluding hydrogens is 455 g/mol. The molecule has 1 unspecified atom stereocenters. The second kappa shape index (κ2) is 9.89. The largest absolute Gasteiger partial charge is 0.296 e. The number of benzene rings is 4. The first-order valence-corrected chi connectivity index (χ1v) is 14.2. The van der Waals surface area contributed by atoms with Crippen molar-refractivity contribution in [3.05, 3.63) is 127 Å². The van der Waals surface area contributed by atoms with Crippen LogP contribution in [0, 0.1) is 0 Å². The van der Waals surface area contributed by atoms with E-state index in [4.69, 9.17) is 4.99 Å². The van der Waals surface area contributed by atoms with E-state index in [0.29, 0.717) is 5.84 Å². The van der Waals surface area contributed by atoms with Gasteiger partial charge in [0, 0.05) is 5.56 Å². The number of rotatable bonds is 5. The van der Waals surface area contributed by atoms with Crippen LogP contribution in [0.15, 0.2) is 131 Å². The Kier molecular flexibility index (Phi) is 6.53. The van der Waals surface area contributed by atoms with E-state index in [2.05, 4.69) is 77.8 Å². The second-order valence-corrected chi connectivity index (χ2v) is 12.3. The number of hydrogen-bond acceptors (Lipinski definition) is 3. The smallest absolute Gasteiger partial charge is 0.267 e. The molecule has 1 heterocycles. The highest BCUT2D eigenvalue weighted by Gasteiger charge is 2.59. The molecule has 0 aliphatic carbocycles. The monoisotopic (exact) mass is 479 g/mol. The molecule has 1 aliphatic heterocycles. The van der Waals surface area contributed by atoms with Crippen LogP contribution in [-0.2, 0) is 4.79 Å². The highest BCUT2D eigenvalue weighted by Crippen LogP contribution is 2.61. The van der Waals surface area contributed by atoms with E-state index in [0.717, 1.165) is 26.5 Å². The molecule has 0 N–H and O–H groups in total. The highest BCUT2D eigenvalue weighted by atomic mass is 32.2. The molecule has 5 heteroatoms. The molecule has 4 aromatic rings. The van der Waals surface area contributed by atoms with Crippen LogP contribution in [0.25, 0.3) is 0 Å². The van der Waals surface area contributed by atoms with Crippen molar-refractivity contribution in [1.29, 1.82) is 0 Å². The summed E-state index contributed by atoms with van der Waals surface area (Å²) in [6.45, 7) is 0. The predicted octanol–water partition coefficient (Wildman–Crippen LogP) is 5.10. The molecule has 1 aliphatic rings. The van der Waals surface area contributed by atoms with Gasteiger partial charge in [0.1, 0.15) is 28.2 Å². The molecule has 5 rings (SSSR count). The Morgan fingerprint density at radius 3 is 1.44 bits per heavy atom. The van der Waals surface area contributed by atoms with Gasteiger partial charge in [-0.3, -0.25) is 4.79 Å². The lowest BCUT2D eigenvalue weighted by molar-refractivity contribution is -0.116. The van der Waals surface area contributed by atoms with E-state index < -0.39 is 12.9 Å². The van der Waals surface area contributed by atoms with Crippen LogP contribution in [0.4, 0.5) is 0 Å². The maximum absolute atomic E-state index is 14.1. The summed E-state index contributed by atoms with van der Waals surface area (Å²) in [6, 6.07) is 41.0. The van der Waals surface area contributed by atoms with Crippen molar-refractivity contribution in [2.45, 2.75) is 5.66 Å². The molecule has 4 aromatic carbocycles. The summed E-state index contributed by atoms with van der Waals surface area (Å²) in [4.78, 5) is 23.6. The van der Waals surface area contributed by atoms with E-state index in [1.807, 2.05) is 54.8 Å². The van der Waals surface area contributed by atoms with Gasteiger partial charge in [0.25, 0.3) is 5.91 Å². The van der Waals surface area contributed by atoms with Crippen LogP contribution in [0.3, 0.4) is 0 Å². The van der Waals surface area contributed by atoms with Gasteiger partial charge in [-0.2, -0.15) is 4.99 Å². The van der Waals surface area contributed by atoms with Crippen LogP contribution in [0.2, 0.25) is 0 Å². The summed E-state index contributed by atoms with van der Waals surface area (Å²) in [7, 11) is -2.48. The summed E-state index contributed by atoms with van der Waals surface area (Å²) < 4.78 is 0. The average Bonchev–Trinajstić information content (AvgIpc) is 2.92. The maximum Gasteiger partial charge on any atom is 0.296 e. The number of hydrogen-bond donors (Lipinski definition) is 0. The number of thioether (sulfide) groups is 1. The van der Waals surface area contributed by atoms with Gasteiger partial charge in [-0.1, -0.05) is 84.9 Å². The number of nitrogens with zero attached hydrogens (tertiary/aromatic N) is 2. The third-order valence-electron chi connectivity index (χ3n) is 6.02. The fourth-order valence-electron chi connectivity index (χ4n) is 4.55. The van der Waals surface area contributed by atoms with Crippen LogP contribution in [0.1, 0.15) is 5.56 Å². The standard InChI is InChI=1S/C29H24N2OPS/c1-34-29-26(28(32)30-27(31-29)22-14-6-2-7-15-22)33(23-16-8-3-9-17-23,24-18-10-4-11-19-24)25-20-12-5-13-21-25/h2-21,26H,1H3/q+1. The van der Waals surface area contributed by atoms with Crippen molar-refractivity contribution in [2.24, 2.45) is 9.98 Å². The van der Waals surface area contributed by atoms with E-state index in [-0.39, 0.29) is 5.91 Å². The highest BCUT2D eigenvalue weighted by molar-refractivity contribution is 8.15. The fourth-order valence-corrected chi connectivity index (χ4v) is 10.3. The van der Waals surface area contributed by atoms with Gasteiger partial charge in [0.15, 0.2) is 5.84 Å². The first-order valence-electron chi connectivity index (χ1n) is 11.1. The lowest BCUT2D eigenvalue weighted by Gasteiger charge is -2.34. The predicted molar refractivity (Wildman–Crippen MR) is 148 cm³/mol. The Hall–Kier alpha value is -3.33. The number of aliphatic imine (C=N–C) groups is 2. The number of amidine groups is 1. The number of carbonyl (C=O) groups excluding carboxylic acids is 1. The van der Waals surface area contributed by atoms with Crippen molar-refractivity contribution in [3.8, 4) is 0 Å². The molecule has 1 amide bonds. The minimum atomic E-state index is -2.48. The van der Waals surface area contributed by atoms with Gasteiger partial charge >= 0.3 is 0 Å². The van der Waals surface area contributed by atoms with Crippen LogP contribution < -0.4 is 15.9 Å². The van der Waals surface area contributed by atoms with Crippen LogP contribution in [0.5, 0.6) is 0 Å². The van der Waals surface area contributed by atoms with Gasteiger partial charge < -0.3 is 0 Å². The van der Waals surface area contributed by atoms with Gasteiger partial charge in [0.2, 0.25) is 5.66 Å². The molecule has 0 spiro atoms. The van der Waals surface area contributed by atoms with Crippen LogP contribution in [-0.4, -0.2) is 28.7 Å². The molecule has 0 bridgehead atoms. The Labute approximate surface area is 205 Å². The SMILES string of the molecule is CSC1=NC(c2ccccc2)=NC(=O)C1[P+](c1ccccc1)(c1ccccc1)c1ccccc1. The summed E-state index contributed by atoms with van der Waals surface area (Å²) >= 11 is 1.54. The van der Waals surface area contributed by atoms with Crippen molar-refractivity contribution in [2.75, 3.05) is 6.26 Å². The van der Waals surface area contributed by atoms with E-state index in [1.54, 1.807) is 11.8 Å². The molecule has 34 heavy (non-hydrogen) atoms. The zero-order chi connectivity index (χ0) is 23.4. The van der Waals surface area contributed by atoms with Gasteiger partial charge in [-0.05, 0) is 42.7 Å². The average molecular weight is 480 g/mol. The lowest BCUT2D eigenvalue weighted by Crippen LogP contribution is -2.46. The lowest BCUT2D eigenvalue weighted by atomic mass is 10.2. The molecule has 0 radical (unpaired) electrons. The molecule has 1 atom stereocenters. The molecule has 0 fully saturated rings. The third-order valence-corrected chi connectivity index (χ3v) is 11.5.